The maximum Gasteiger partial charge on any atom is 0.255 e. The van der Waals surface area contributed by atoms with Crippen LogP contribution in [0.15, 0.2) is 45.5 Å². The maximum absolute atomic E-state index is 12.2. The van der Waals surface area contributed by atoms with Gasteiger partial charge in [-0.3, -0.25) is 4.79 Å². The summed E-state index contributed by atoms with van der Waals surface area (Å²) in [6.07, 6.45) is 3.60. The van der Waals surface area contributed by atoms with E-state index in [4.69, 9.17) is 0 Å². The fourth-order valence-electron chi connectivity index (χ4n) is 1.82. The Kier molecular flexibility index (Phi) is 4.23. The van der Waals surface area contributed by atoms with Crippen LogP contribution in [0.3, 0.4) is 0 Å². The number of carbonyl (C=O) groups excluding carboxylic acids is 1. The maximum atomic E-state index is 12.2. The van der Waals surface area contributed by atoms with Crippen molar-refractivity contribution in [1.82, 2.24) is 9.97 Å². The summed E-state index contributed by atoms with van der Waals surface area (Å²) in [4.78, 5) is 20.7. The molecular formula is C14H10BrN3OS2. The molecule has 0 aliphatic heterocycles. The van der Waals surface area contributed by atoms with Gasteiger partial charge in [-0.1, -0.05) is 11.8 Å². The second-order valence-corrected chi connectivity index (χ2v) is 7.08. The first-order valence-corrected chi connectivity index (χ1v) is 8.86. The van der Waals surface area contributed by atoms with Crippen LogP contribution < -0.4 is 5.32 Å². The third kappa shape index (κ3) is 3.25. The predicted octanol–water partition coefficient (Wildman–Crippen LogP) is 4.43. The van der Waals surface area contributed by atoms with Gasteiger partial charge in [0, 0.05) is 17.4 Å². The molecule has 1 aromatic carbocycles. The number of hydrogen-bond donors (Lipinski definition) is 1. The van der Waals surface area contributed by atoms with Gasteiger partial charge in [0.25, 0.3) is 5.91 Å². The van der Waals surface area contributed by atoms with Crippen LogP contribution in [-0.4, -0.2) is 22.1 Å². The Morgan fingerprint density at radius 2 is 2.19 bits per heavy atom. The first kappa shape index (κ1) is 14.5. The van der Waals surface area contributed by atoms with Crippen molar-refractivity contribution in [1.29, 1.82) is 0 Å². The van der Waals surface area contributed by atoms with Crippen molar-refractivity contribution in [2.45, 2.75) is 4.34 Å². The molecule has 0 unspecified atom stereocenters. The first-order chi connectivity index (χ1) is 10.2. The Morgan fingerprint density at radius 3 is 2.95 bits per heavy atom. The minimum Gasteiger partial charge on any atom is -0.322 e. The largest absolute Gasteiger partial charge is 0.322 e. The lowest BCUT2D eigenvalue weighted by Crippen LogP contribution is -2.11. The highest BCUT2D eigenvalue weighted by molar-refractivity contribution is 9.10. The number of fused-ring (bicyclic) bond motifs is 1. The number of carbonyl (C=O) groups is 1. The number of pyridine rings is 1. The average Bonchev–Trinajstić information content (AvgIpc) is 2.89. The highest BCUT2D eigenvalue weighted by Crippen LogP contribution is 2.30. The van der Waals surface area contributed by atoms with Crippen LogP contribution in [0.5, 0.6) is 0 Å². The summed E-state index contributed by atoms with van der Waals surface area (Å²) in [5.74, 6) is -0.160. The number of nitrogens with zero attached hydrogens (tertiary/aromatic N) is 2. The number of rotatable bonds is 3. The minimum atomic E-state index is -0.160. The van der Waals surface area contributed by atoms with E-state index >= 15 is 0 Å². The lowest BCUT2D eigenvalue weighted by Gasteiger charge is -2.05. The molecule has 1 amide bonds. The molecule has 0 aliphatic rings. The Labute approximate surface area is 138 Å². The van der Waals surface area contributed by atoms with Crippen molar-refractivity contribution in [3.63, 3.8) is 0 Å². The van der Waals surface area contributed by atoms with E-state index in [0.29, 0.717) is 10.2 Å². The van der Waals surface area contributed by atoms with Crippen molar-refractivity contribution >= 4 is 60.8 Å². The molecule has 2 aromatic heterocycles. The van der Waals surface area contributed by atoms with Crippen molar-refractivity contribution in [3.8, 4) is 0 Å². The van der Waals surface area contributed by atoms with Gasteiger partial charge in [-0.05, 0) is 52.5 Å². The molecular weight excluding hydrogens is 370 g/mol. The monoisotopic (exact) mass is 379 g/mol. The number of thiazole rings is 1. The molecule has 0 radical (unpaired) electrons. The molecule has 0 fully saturated rings. The zero-order valence-electron chi connectivity index (χ0n) is 11.0. The molecule has 0 spiro atoms. The van der Waals surface area contributed by atoms with E-state index in [1.54, 1.807) is 41.4 Å². The quantitative estimate of drug-likeness (QED) is 0.540. The van der Waals surface area contributed by atoms with Crippen LogP contribution >= 0.6 is 39.0 Å². The number of benzene rings is 1. The summed E-state index contributed by atoms with van der Waals surface area (Å²) >= 11 is 6.50. The molecule has 21 heavy (non-hydrogen) atoms. The Hall–Kier alpha value is -1.44. The van der Waals surface area contributed by atoms with Crippen molar-refractivity contribution < 1.29 is 4.79 Å². The number of nitrogens with one attached hydrogen (secondary N) is 1. The standard InChI is InChI=1S/C14H10BrN3OS2/c1-20-14-18-10-3-2-9(7-11(10)21-14)17-13(19)8-4-5-16-12(15)6-8/h2-7H,1H3,(H,17,19). The molecule has 3 aromatic rings. The molecule has 1 N–H and O–H groups in total. The van der Waals surface area contributed by atoms with E-state index < -0.39 is 0 Å². The van der Waals surface area contributed by atoms with Gasteiger partial charge in [0.05, 0.1) is 10.2 Å². The van der Waals surface area contributed by atoms with Gasteiger partial charge >= 0.3 is 0 Å². The number of thioether (sulfide) groups is 1. The number of halogens is 1. The van der Waals surface area contributed by atoms with Crippen LogP contribution in [0, 0.1) is 0 Å². The fraction of sp³-hybridized carbons (Fsp3) is 0.0714. The molecule has 0 aliphatic carbocycles. The zero-order valence-corrected chi connectivity index (χ0v) is 14.2. The van der Waals surface area contributed by atoms with E-state index in [2.05, 4.69) is 31.2 Å². The average molecular weight is 380 g/mol. The summed E-state index contributed by atoms with van der Waals surface area (Å²) in [6, 6.07) is 9.09. The molecule has 106 valence electrons. The van der Waals surface area contributed by atoms with Gasteiger partial charge in [-0.15, -0.1) is 11.3 Å². The number of aromatic nitrogens is 2. The van der Waals surface area contributed by atoms with Crippen molar-refractivity contribution in [2.24, 2.45) is 0 Å². The number of anilines is 1. The molecule has 3 rings (SSSR count). The van der Waals surface area contributed by atoms with Crippen molar-refractivity contribution in [3.05, 3.63) is 46.7 Å². The SMILES string of the molecule is CSc1nc2ccc(NC(=O)c3ccnc(Br)c3)cc2s1. The van der Waals surface area contributed by atoms with E-state index in [0.717, 1.165) is 20.2 Å². The Balaban J connectivity index is 1.85. The molecule has 0 saturated heterocycles. The minimum absolute atomic E-state index is 0.160. The van der Waals surface area contributed by atoms with Crippen LogP contribution in [0.25, 0.3) is 10.2 Å². The van der Waals surface area contributed by atoms with E-state index in [1.807, 2.05) is 24.5 Å². The summed E-state index contributed by atoms with van der Waals surface area (Å²) in [7, 11) is 0. The third-order valence-corrected chi connectivity index (χ3v) is 5.23. The highest BCUT2D eigenvalue weighted by Gasteiger charge is 2.09. The summed E-state index contributed by atoms with van der Waals surface area (Å²) < 4.78 is 2.72. The number of hydrogen-bond acceptors (Lipinski definition) is 5. The molecule has 4 nitrogen and oxygen atoms in total. The predicted molar refractivity (Wildman–Crippen MR) is 91.3 cm³/mol. The molecule has 7 heteroatoms. The Morgan fingerprint density at radius 1 is 1.33 bits per heavy atom. The topological polar surface area (TPSA) is 54.9 Å². The molecule has 0 atom stereocenters. The van der Waals surface area contributed by atoms with E-state index in [-0.39, 0.29) is 5.91 Å². The lowest BCUT2D eigenvalue weighted by atomic mass is 10.2. The van der Waals surface area contributed by atoms with E-state index in [9.17, 15) is 4.79 Å². The van der Waals surface area contributed by atoms with Crippen LogP contribution in [0.2, 0.25) is 0 Å². The van der Waals surface area contributed by atoms with Gasteiger partial charge in [-0.2, -0.15) is 0 Å². The number of amides is 1. The van der Waals surface area contributed by atoms with Gasteiger partial charge < -0.3 is 5.32 Å². The fourth-order valence-corrected chi connectivity index (χ4v) is 3.71. The van der Waals surface area contributed by atoms with Crippen LogP contribution in [0.1, 0.15) is 10.4 Å². The smallest absolute Gasteiger partial charge is 0.255 e. The summed E-state index contributed by atoms with van der Waals surface area (Å²) in [6.45, 7) is 0. The summed E-state index contributed by atoms with van der Waals surface area (Å²) in [5, 5.41) is 2.89. The second-order valence-electron chi connectivity index (χ2n) is 4.19. The second kappa shape index (κ2) is 6.13. The van der Waals surface area contributed by atoms with Crippen LogP contribution in [-0.2, 0) is 0 Å². The van der Waals surface area contributed by atoms with E-state index in [1.165, 1.54) is 0 Å². The van der Waals surface area contributed by atoms with Gasteiger partial charge in [-0.25, -0.2) is 9.97 Å². The normalized spacial score (nSPS) is 10.8. The van der Waals surface area contributed by atoms with Gasteiger partial charge in [0.2, 0.25) is 0 Å². The third-order valence-electron chi connectivity index (χ3n) is 2.79. The Bertz CT molecular complexity index is 819. The van der Waals surface area contributed by atoms with Gasteiger partial charge in [0.1, 0.15) is 4.60 Å². The molecule has 0 saturated carbocycles. The molecule has 0 bridgehead atoms. The summed E-state index contributed by atoms with van der Waals surface area (Å²) in [5.41, 5.74) is 2.27. The van der Waals surface area contributed by atoms with Gasteiger partial charge in [0.15, 0.2) is 4.34 Å². The van der Waals surface area contributed by atoms with Crippen molar-refractivity contribution in [2.75, 3.05) is 11.6 Å². The molecule has 2 heterocycles. The first-order valence-electron chi connectivity index (χ1n) is 6.03. The lowest BCUT2D eigenvalue weighted by molar-refractivity contribution is 0.102. The van der Waals surface area contributed by atoms with Crippen LogP contribution in [0.4, 0.5) is 5.69 Å². The zero-order chi connectivity index (χ0) is 14.8. The highest BCUT2D eigenvalue weighted by atomic mass is 79.9.